The molecule has 5 rings (SSSR count). The van der Waals surface area contributed by atoms with Crippen LogP contribution in [0.2, 0.25) is 0 Å². The third-order valence-electron chi connectivity index (χ3n) is 5.46. The zero-order valence-electron chi connectivity index (χ0n) is 15.3. The van der Waals surface area contributed by atoms with Gasteiger partial charge >= 0.3 is 0 Å². The predicted octanol–water partition coefficient (Wildman–Crippen LogP) is 3.29. The van der Waals surface area contributed by atoms with Gasteiger partial charge in [-0.1, -0.05) is 41.2 Å². The van der Waals surface area contributed by atoms with Crippen molar-refractivity contribution < 1.29 is 4.79 Å². The number of nitrogens with one attached hydrogen (secondary N) is 1. The third kappa shape index (κ3) is 3.04. The highest BCUT2D eigenvalue weighted by Crippen LogP contribution is 2.30. The normalized spacial score (nSPS) is 19.2. The molecule has 1 atom stereocenters. The molecule has 6 heteroatoms. The maximum absolute atomic E-state index is 13.0. The molecule has 27 heavy (non-hydrogen) atoms. The molecule has 2 aromatic carbocycles. The van der Waals surface area contributed by atoms with Crippen molar-refractivity contribution in [2.45, 2.75) is 19.4 Å². The molecular weight excluding hydrogens is 356 g/mol. The minimum atomic E-state index is -0.129. The van der Waals surface area contributed by atoms with Crippen molar-refractivity contribution in [3.8, 4) is 0 Å². The average Bonchev–Trinajstić information content (AvgIpc) is 3.31. The van der Waals surface area contributed by atoms with Gasteiger partial charge in [-0.15, -0.1) is 0 Å². The van der Waals surface area contributed by atoms with Gasteiger partial charge in [0, 0.05) is 38.3 Å². The summed E-state index contributed by atoms with van der Waals surface area (Å²) in [5.41, 5.74) is 4.65. The lowest BCUT2D eigenvalue weighted by Gasteiger charge is -2.35. The zero-order chi connectivity index (χ0) is 18.4. The summed E-state index contributed by atoms with van der Waals surface area (Å²) in [6, 6.07) is 14.5. The van der Waals surface area contributed by atoms with E-state index in [1.807, 2.05) is 11.0 Å². The van der Waals surface area contributed by atoms with Gasteiger partial charge in [0.05, 0.1) is 10.2 Å². The summed E-state index contributed by atoms with van der Waals surface area (Å²) in [6.07, 6.45) is 0.786. The minimum Gasteiger partial charge on any atom is -0.373 e. The van der Waals surface area contributed by atoms with Gasteiger partial charge in [0.1, 0.15) is 6.04 Å². The van der Waals surface area contributed by atoms with Crippen LogP contribution >= 0.6 is 11.3 Å². The molecule has 0 spiro atoms. The Bertz CT molecular complexity index is 973. The molecule has 1 aromatic heterocycles. The quantitative estimate of drug-likeness (QED) is 0.743. The Morgan fingerprint density at radius 1 is 1.15 bits per heavy atom. The van der Waals surface area contributed by atoms with E-state index in [9.17, 15) is 4.79 Å². The Kier molecular flexibility index (Phi) is 4.01. The number of aryl methyl sites for hydroxylation is 1. The first-order valence-electron chi connectivity index (χ1n) is 9.43. The van der Waals surface area contributed by atoms with Gasteiger partial charge < -0.3 is 15.1 Å². The molecule has 3 aromatic rings. The average molecular weight is 379 g/mol. The van der Waals surface area contributed by atoms with Crippen LogP contribution in [0.3, 0.4) is 0 Å². The van der Waals surface area contributed by atoms with Crippen molar-refractivity contribution in [3.63, 3.8) is 0 Å². The van der Waals surface area contributed by atoms with E-state index >= 15 is 0 Å². The molecule has 2 aliphatic rings. The lowest BCUT2D eigenvalue weighted by Crippen LogP contribution is -2.52. The summed E-state index contributed by atoms with van der Waals surface area (Å²) in [6.45, 7) is 5.27. The smallest absolute Gasteiger partial charge is 0.245 e. The highest BCUT2D eigenvalue weighted by molar-refractivity contribution is 7.22. The fourth-order valence-electron chi connectivity index (χ4n) is 3.97. The number of thiazole rings is 1. The number of hydrogen-bond acceptors (Lipinski definition) is 5. The molecule has 1 amide bonds. The Labute approximate surface area is 162 Å². The minimum absolute atomic E-state index is 0.129. The molecule has 1 N–H and O–H groups in total. The number of anilines is 2. The van der Waals surface area contributed by atoms with Crippen molar-refractivity contribution in [3.05, 3.63) is 53.6 Å². The van der Waals surface area contributed by atoms with E-state index < -0.39 is 0 Å². The van der Waals surface area contributed by atoms with Gasteiger partial charge in [-0.25, -0.2) is 4.98 Å². The molecule has 0 bridgehead atoms. The molecular formula is C21H22N4OS. The number of piperazine rings is 1. The molecule has 5 nitrogen and oxygen atoms in total. The number of aromatic nitrogens is 1. The van der Waals surface area contributed by atoms with Crippen LogP contribution in [0.15, 0.2) is 42.5 Å². The van der Waals surface area contributed by atoms with Crippen LogP contribution in [0, 0.1) is 6.92 Å². The number of carbonyl (C=O) groups excluding carboxylic acids is 1. The van der Waals surface area contributed by atoms with Crippen LogP contribution < -0.4 is 10.2 Å². The summed E-state index contributed by atoms with van der Waals surface area (Å²) in [4.78, 5) is 22.0. The zero-order valence-corrected chi connectivity index (χ0v) is 16.1. The fourth-order valence-corrected chi connectivity index (χ4v) is 4.99. The van der Waals surface area contributed by atoms with E-state index in [0.29, 0.717) is 0 Å². The molecule has 138 valence electrons. The van der Waals surface area contributed by atoms with Gasteiger partial charge in [0.2, 0.25) is 5.91 Å². The highest BCUT2D eigenvalue weighted by Gasteiger charge is 2.32. The second kappa shape index (κ2) is 6.53. The van der Waals surface area contributed by atoms with Crippen LogP contribution in [0.25, 0.3) is 10.2 Å². The van der Waals surface area contributed by atoms with Crippen molar-refractivity contribution in [1.82, 2.24) is 9.88 Å². The number of rotatable bonds is 2. The maximum Gasteiger partial charge on any atom is 0.245 e. The summed E-state index contributed by atoms with van der Waals surface area (Å²) >= 11 is 1.73. The summed E-state index contributed by atoms with van der Waals surface area (Å²) in [5, 5.41) is 4.46. The van der Waals surface area contributed by atoms with Crippen molar-refractivity contribution in [2.75, 3.05) is 36.4 Å². The molecule has 2 aliphatic heterocycles. The predicted molar refractivity (Wildman–Crippen MR) is 111 cm³/mol. The SMILES string of the molecule is Cc1ccc2c(c1)CC(C(=O)N1CCN(c3nc4ccccc4s3)CC1)N2. The first-order chi connectivity index (χ1) is 13.2. The summed E-state index contributed by atoms with van der Waals surface area (Å²) in [7, 11) is 0. The van der Waals surface area contributed by atoms with E-state index in [4.69, 9.17) is 4.98 Å². The number of amides is 1. The second-order valence-electron chi connectivity index (χ2n) is 7.34. The van der Waals surface area contributed by atoms with Crippen LogP contribution in [-0.4, -0.2) is 48.0 Å². The Balaban J connectivity index is 1.23. The molecule has 0 saturated carbocycles. The van der Waals surface area contributed by atoms with Crippen LogP contribution in [0.1, 0.15) is 11.1 Å². The van der Waals surface area contributed by atoms with Crippen molar-refractivity contribution in [2.24, 2.45) is 0 Å². The molecule has 3 heterocycles. The van der Waals surface area contributed by atoms with E-state index in [0.717, 1.165) is 48.9 Å². The topological polar surface area (TPSA) is 48.5 Å². The van der Waals surface area contributed by atoms with E-state index in [1.54, 1.807) is 11.3 Å². The molecule has 1 unspecified atom stereocenters. The van der Waals surface area contributed by atoms with E-state index in [-0.39, 0.29) is 11.9 Å². The summed E-state index contributed by atoms with van der Waals surface area (Å²) < 4.78 is 1.22. The van der Waals surface area contributed by atoms with Crippen LogP contribution in [0.5, 0.6) is 0 Å². The first kappa shape index (κ1) is 16.6. The largest absolute Gasteiger partial charge is 0.373 e. The van der Waals surface area contributed by atoms with Gasteiger partial charge in [-0.05, 0) is 30.7 Å². The lowest BCUT2D eigenvalue weighted by molar-refractivity contribution is -0.132. The lowest BCUT2D eigenvalue weighted by atomic mass is 10.1. The Morgan fingerprint density at radius 2 is 1.96 bits per heavy atom. The number of nitrogens with zero attached hydrogens (tertiary/aromatic N) is 3. The maximum atomic E-state index is 13.0. The van der Waals surface area contributed by atoms with E-state index in [1.165, 1.54) is 15.8 Å². The number of carbonyl (C=O) groups is 1. The molecule has 1 fully saturated rings. The van der Waals surface area contributed by atoms with Gasteiger partial charge in [0.25, 0.3) is 0 Å². The molecule has 0 aliphatic carbocycles. The number of fused-ring (bicyclic) bond motifs is 2. The molecule has 1 saturated heterocycles. The Hall–Kier alpha value is -2.60. The van der Waals surface area contributed by atoms with Crippen molar-refractivity contribution >= 4 is 38.3 Å². The number of benzene rings is 2. The van der Waals surface area contributed by atoms with Gasteiger partial charge in [-0.2, -0.15) is 0 Å². The monoisotopic (exact) mass is 378 g/mol. The number of hydrogen-bond donors (Lipinski definition) is 1. The second-order valence-corrected chi connectivity index (χ2v) is 8.35. The van der Waals surface area contributed by atoms with Gasteiger partial charge in [0.15, 0.2) is 5.13 Å². The standard InChI is InChI=1S/C21H22N4OS/c1-14-6-7-16-15(12-14)13-18(22-16)20(26)24-8-10-25(11-9-24)21-23-17-4-2-3-5-19(17)27-21/h2-7,12,18,22H,8-11,13H2,1H3. The van der Waals surface area contributed by atoms with Crippen LogP contribution in [-0.2, 0) is 11.2 Å². The van der Waals surface area contributed by atoms with E-state index in [2.05, 4.69) is 53.5 Å². The first-order valence-corrected chi connectivity index (χ1v) is 10.2. The van der Waals surface area contributed by atoms with Gasteiger partial charge in [-0.3, -0.25) is 4.79 Å². The van der Waals surface area contributed by atoms with Crippen LogP contribution in [0.4, 0.5) is 10.8 Å². The van der Waals surface area contributed by atoms with Crippen molar-refractivity contribution in [1.29, 1.82) is 0 Å². The number of para-hydroxylation sites is 1. The highest BCUT2D eigenvalue weighted by atomic mass is 32.1. The third-order valence-corrected chi connectivity index (χ3v) is 6.55. The Morgan fingerprint density at radius 3 is 2.78 bits per heavy atom. The fraction of sp³-hybridized carbons (Fsp3) is 0.333. The summed E-state index contributed by atoms with van der Waals surface area (Å²) in [5.74, 6) is 0.216. The molecule has 0 radical (unpaired) electrons.